The summed E-state index contributed by atoms with van der Waals surface area (Å²) >= 11 is 1.45. The number of hydrogen-bond donors (Lipinski definition) is 1. The van der Waals surface area contributed by atoms with Crippen molar-refractivity contribution in [3.05, 3.63) is 53.5 Å². The molecule has 0 bridgehead atoms. The normalized spacial score (nSPS) is 16.2. The van der Waals surface area contributed by atoms with E-state index in [9.17, 15) is 4.79 Å². The van der Waals surface area contributed by atoms with Gasteiger partial charge in [0.05, 0.1) is 18.4 Å². The van der Waals surface area contributed by atoms with Crippen molar-refractivity contribution >= 4 is 28.4 Å². The number of aromatic amines is 1. The van der Waals surface area contributed by atoms with Crippen molar-refractivity contribution in [2.24, 2.45) is 0 Å². The molecule has 34 heavy (non-hydrogen) atoms. The lowest BCUT2D eigenvalue weighted by Crippen LogP contribution is -2.17. The molecule has 1 fully saturated rings. The molecule has 0 radical (unpaired) electrons. The second kappa shape index (κ2) is 9.43. The third-order valence-electron chi connectivity index (χ3n) is 6.59. The fourth-order valence-corrected chi connectivity index (χ4v) is 5.90. The topological polar surface area (TPSA) is 77.7 Å². The minimum absolute atomic E-state index is 0.116. The summed E-state index contributed by atoms with van der Waals surface area (Å²) in [5, 5.41) is 10.9. The lowest BCUT2D eigenvalue weighted by Gasteiger charge is -2.15. The maximum atomic E-state index is 13.2. The van der Waals surface area contributed by atoms with Gasteiger partial charge in [-0.15, -0.1) is 10.2 Å². The number of ether oxygens (including phenoxy) is 1. The number of rotatable bonds is 8. The Labute approximate surface area is 203 Å². The van der Waals surface area contributed by atoms with E-state index in [1.165, 1.54) is 11.8 Å². The zero-order valence-electron chi connectivity index (χ0n) is 20.2. The number of carbonyl (C=O) groups is 1. The van der Waals surface area contributed by atoms with Crippen molar-refractivity contribution < 1.29 is 9.53 Å². The molecule has 4 heterocycles. The van der Waals surface area contributed by atoms with Crippen molar-refractivity contribution in [1.82, 2.24) is 24.3 Å². The zero-order chi connectivity index (χ0) is 23.8. The lowest BCUT2D eigenvalue weighted by atomic mass is 10.1. The SMILES string of the molecule is Cc1cc(C(=O)CSc2nnc(-c3c[nH]c4ccccc34)n2CC2CCCO2)c(C)n1C(C)C. The second-order valence-corrected chi connectivity index (χ2v) is 10.2. The Morgan fingerprint density at radius 2 is 2.09 bits per heavy atom. The first-order chi connectivity index (χ1) is 16.4. The fourth-order valence-electron chi connectivity index (χ4n) is 5.07. The molecule has 8 heteroatoms. The van der Waals surface area contributed by atoms with Crippen LogP contribution in [-0.4, -0.2) is 48.6 Å². The van der Waals surface area contributed by atoms with Crippen LogP contribution < -0.4 is 0 Å². The highest BCUT2D eigenvalue weighted by Gasteiger charge is 2.24. The van der Waals surface area contributed by atoms with Crippen LogP contribution in [-0.2, 0) is 11.3 Å². The van der Waals surface area contributed by atoms with Gasteiger partial charge in [-0.3, -0.25) is 9.36 Å². The molecule has 1 N–H and O–H groups in total. The molecule has 178 valence electrons. The number of hydrogen-bond acceptors (Lipinski definition) is 5. The van der Waals surface area contributed by atoms with Crippen molar-refractivity contribution in [2.75, 3.05) is 12.4 Å². The summed E-state index contributed by atoms with van der Waals surface area (Å²) < 4.78 is 10.3. The van der Waals surface area contributed by atoms with E-state index < -0.39 is 0 Å². The molecule has 1 saturated heterocycles. The van der Waals surface area contributed by atoms with E-state index in [1.807, 2.05) is 31.3 Å². The molecule has 4 aromatic rings. The maximum absolute atomic E-state index is 13.2. The van der Waals surface area contributed by atoms with Crippen LogP contribution in [0.4, 0.5) is 0 Å². The Balaban J connectivity index is 1.44. The quantitative estimate of drug-likeness (QED) is 0.265. The minimum atomic E-state index is 0.116. The van der Waals surface area contributed by atoms with Gasteiger partial charge < -0.3 is 14.3 Å². The number of fused-ring (bicyclic) bond motifs is 1. The summed E-state index contributed by atoms with van der Waals surface area (Å²) in [4.78, 5) is 16.5. The largest absolute Gasteiger partial charge is 0.376 e. The number of ketones is 1. The first-order valence-corrected chi connectivity index (χ1v) is 12.9. The van der Waals surface area contributed by atoms with Crippen LogP contribution in [0.2, 0.25) is 0 Å². The number of aryl methyl sites for hydroxylation is 1. The second-order valence-electron chi connectivity index (χ2n) is 9.26. The van der Waals surface area contributed by atoms with E-state index >= 15 is 0 Å². The van der Waals surface area contributed by atoms with Gasteiger partial charge in [0.15, 0.2) is 16.8 Å². The van der Waals surface area contributed by atoms with Crippen molar-refractivity contribution in [3.63, 3.8) is 0 Å². The lowest BCUT2D eigenvalue weighted by molar-refractivity contribution is 0.0953. The van der Waals surface area contributed by atoms with Crippen molar-refractivity contribution in [3.8, 4) is 11.4 Å². The molecule has 1 unspecified atom stereocenters. The third kappa shape index (κ3) is 4.20. The smallest absolute Gasteiger partial charge is 0.192 e. The van der Waals surface area contributed by atoms with Crippen LogP contribution in [0.1, 0.15) is 54.5 Å². The molecule has 0 amide bonds. The average molecular weight is 478 g/mol. The van der Waals surface area contributed by atoms with Crippen molar-refractivity contribution in [1.29, 1.82) is 0 Å². The van der Waals surface area contributed by atoms with Gasteiger partial charge in [-0.05, 0) is 52.7 Å². The first-order valence-electron chi connectivity index (χ1n) is 11.9. The molecule has 3 aromatic heterocycles. The number of benzene rings is 1. The number of Topliss-reactive ketones (excluding diaryl/α,β-unsaturated/α-hetero) is 1. The summed E-state index contributed by atoms with van der Waals surface area (Å²) in [5.74, 6) is 1.24. The Kier molecular flexibility index (Phi) is 6.36. The summed E-state index contributed by atoms with van der Waals surface area (Å²) in [6.07, 6.45) is 4.22. The summed E-state index contributed by atoms with van der Waals surface area (Å²) in [6, 6.07) is 10.5. The van der Waals surface area contributed by atoms with Gasteiger partial charge in [-0.2, -0.15) is 0 Å². The Morgan fingerprint density at radius 3 is 2.82 bits per heavy atom. The molecular weight excluding hydrogens is 446 g/mol. The highest BCUT2D eigenvalue weighted by Crippen LogP contribution is 2.32. The van der Waals surface area contributed by atoms with Gasteiger partial charge in [0.1, 0.15) is 0 Å². The number of H-pyrrole nitrogens is 1. The standard InChI is InChI=1S/C26H31N5O2S/c1-16(2)31-17(3)12-21(18(31)4)24(32)15-34-26-29-28-25(30(26)14-19-8-7-11-33-19)22-13-27-23-10-6-5-9-20(22)23/h5-6,9-10,12-13,16,19,27H,7-8,11,14-15H2,1-4H3. The molecule has 0 saturated carbocycles. The number of thioether (sulfide) groups is 1. The van der Waals surface area contributed by atoms with E-state index in [0.717, 1.165) is 63.8 Å². The van der Waals surface area contributed by atoms with Crippen LogP contribution in [0, 0.1) is 13.8 Å². The van der Waals surface area contributed by atoms with Gasteiger partial charge in [0.2, 0.25) is 0 Å². The first kappa shape index (κ1) is 22.9. The van der Waals surface area contributed by atoms with Gasteiger partial charge in [-0.25, -0.2) is 0 Å². The number of nitrogens with one attached hydrogen (secondary N) is 1. The molecule has 1 atom stereocenters. The predicted octanol–water partition coefficient (Wildman–Crippen LogP) is 5.58. The molecular formula is C26H31N5O2S. The van der Waals surface area contributed by atoms with Gasteiger partial charge in [-0.1, -0.05) is 30.0 Å². The van der Waals surface area contributed by atoms with Crippen LogP contribution >= 0.6 is 11.8 Å². The summed E-state index contributed by atoms with van der Waals surface area (Å²) in [7, 11) is 0. The van der Waals surface area contributed by atoms with E-state index in [2.05, 4.69) is 57.2 Å². The molecule has 1 aliphatic rings. The van der Waals surface area contributed by atoms with Gasteiger partial charge in [0, 0.05) is 52.3 Å². The monoisotopic (exact) mass is 477 g/mol. The van der Waals surface area contributed by atoms with Crippen molar-refractivity contribution in [2.45, 2.75) is 64.4 Å². The van der Waals surface area contributed by atoms with E-state index in [0.29, 0.717) is 18.3 Å². The highest BCUT2D eigenvalue weighted by molar-refractivity contribution is 7.99. The fraction of sp³-hybridized carbons (Fsp3) is 0.423. The molecule has 7 nitrogen and oxygen atoms in total. The van der Waals surface area contributed by atoms with E-state index in [-0.39, 0.29) is 11.9 Å². The number of aromatic nitrogens is 5. The average Bonchev–Trinajstić information content (AvgIpc) is 3.59. The molecule has 5 rings (SSSR count). The molecule has 1 aliphatic heterocycles. The molecule has 0 aliphatic carbocycles. The van der Waals surface area contributed by atoms with Crippen LogP contribution in [0.15, 0.2) is 41.7 Å². The third-order valence-corrected chi connectivity index (χ3v) is 7.56. The number of carbonyl (C=O) groups excluding carboxylic acids is 1. The number of para-hydroxylation sites is 1. The highest BCUT2D eigenvalue weighted by atomic mass is 32.2. The van der Waals surface area contributed by atoms with Gasteiger partial charge in [0.25, 0.3) is 0 Å². The number of nitrogens with zero attached hydrogens (tertiary/aromatic N) is 4. The van der Waals surface area contributed by atoms with Crippen LogP contribution in [0.3, 0.4) is 0 Å². The molecule has 1 aromatic carbocycles. The van der Waals surface area contributed by atoms with Crippen LogP contribution in [0.5, 0.6) is 0 Å². The predicted molar refractivity (Wildman–Crippen MR) is 136 cm³/mol. The Morgan fingerprint density at radius 1 is 1.26 bits per heavy atom. The maximum Gasteiger partial charge on any atom is 0.192 e. The van der Waals surface area contributed by atoms with Crippen LogP contribution in [0.25, 0.3) is 22.3 Å². The minimum Gasteiger partial charge on any atom is -0.376 e. The Bertz CT molecular complexity index is 1330. The van der Waals surface area contributed by atoms with E-state index in [4.69, 9.17) is 4.74 Å². The molecule has 0 spiro atoms. The summed E-state index contributed by atoms with van der Waals surface area (Å²) in [5.41, 5.74) is 5.01. The van der Waals surface area contributed by atoms with E-state index in [1.54, 1.807) is 0 Å². The summed E-state index contributed by atoms with van der Waals surface area (Å²) in [6.45, 7) is 9.84. The Hall–Kier alpha value is -2.84. The zero-order valence-corrected chi connectivity index (χ0v) is 21.0. The van der Waals surface area contributed by atoms with Gasteiger partial charge >= 0.3 is 0 Å².